The van der Waals surface area contributed by atoms with Gasteiger partial charge in [-0.15, -0.1) is 0 Å². The molecule has 1 aromatic rings. The van der Waals surface area contributed by atoms with Crippen LogP contribution < -0.4 is 5.32 Å². The van der Waals surface area contributed by atoms with Gasteiger partial charge in [0.1, 0.15) is 6.04 Å². The highest BCUT2D eigenvalue weighted by Gasteiger charge is 2.39. The van der Waals surface area contributed by atoms with Crippen LogP contribution >= 0.6 is 27.5 Å². The van der Waals surface area contributed by atoms with Gasteiger partial charge < -0.3 is 5.32 Å². The number of nitrogens with zero attached hydrogens (tertiary/aromatic N) is 1. The fraction of sp³-hybridized carbons (Fsp3) is 0.385. The Morgan fingerprint density at radius 3 is 2.63 bits per heavy atom. The van der Waals surface area contributed by atoms with E-state index in [0.717, 1.165) is 10.2 Å². The molecule has 0 aliphatic carbocycles. The second-order valence-corrected chi connectivity index (χ2v) is 5.99. The number of imide groups is 1. The fourth-order valence-corrected chi connectivity index (χ4v) is 2.59. The second kappa shape index (κ2) is 5.51. The zero-order valence-corrected chi connectivity index (χ0v) is 13.0. The molecule has 0 aromatic heterocycles. The Balaban J connectivity index is 2.14. The van der Waals surface area contributed by atoms with Crippen LogP contribution in [0.4, 0.5) is 5.69 Å². The molecule has 1 aliphatic rings. The third kappa shape index (κ3) is 2.92. The van der Waals surface area contributed by atoms with E-state index in [1.165, 1.54) is 4.90 Å². The number of rotatable bonds is 3. The molecular weight excluding hydrogens is 332 g/mol. The van der Waals surface area contributed by atoms with E-state index in [2.05, 4.69) is 21.2 Å². The Morgan fingerprint density at radius 2 is 2.11 bits per heavy atom. The molecule has 1 unspecified atom stereocenters. The quantitative estimate of drug-likeness (QED) is 0.857. The summed E-state index contributed by atoms with van der Waals surface area (Å²) in [6.07, 6.45) is 0.192. The van der Waals surface area contributed by atoms with Crippen molar-refractivity contribution >= 4 is 45.0 Å². The fourth-order valence-electron chi connectivity index (χ4n) is 2.09. The number of hydrogen-bond acceptors (Lipinski definition) is 3. The first-order valence-corrected chi connectivity index (χ1v) is 7.14. The molecule has 0 spiro atoms. The van der Waals surface area contributed by atoms with E-state index in [4.69, 9.17) is 11.6 Å². The van der Waals surface area contributed by atoms with Crippen LogP contribution in [-0.2, 0) is 9.59 Å². The summed E-state index contributed by atoms with van der Waals surface area (Å²) >= 11 is 9.23. The van der Waals surface area contributed by atoms with Gasteiger partial charge in [-0.25, -0.2) is 0 Å². The monoisotopic (exact) mass is 344 g/mol. The van der Waals surface area contributed by atoms with Gasteiger partial charge in [0.15, 0.2) is 0 Å². The van der Waals surface area contributed by atoms with Crippen molar-refractivity contribution in [2.75, 3.05) is 5.32 Å². The highest BCUT2D eigenvalue weighted by molar-refractivity contribution is 9.10. The van der Waals surface area contributed by atoms with Crippen LogP contribution in [0.1, 0.15) is 20.3 Å². The van der Waals surface area contributed by atoms with E-state index in [1.807, 2.05) is 13.8 Å². The van der Waals surface area contributed by atoms with Gasteiger partial charge in [-0.2, -0.15) is 0 Å². The first-order chi connectivity index (χ1) is 8.90. The Morgan fingerprint density at radius 1 is 1.42 bits per heavy atom. The van der Waals surface area contributed by atoms with E-state index >= 15 is 0 Å². The number of amides is 2. The molecule has 0 saturated carbocycles. The van der Waals surface area contributed by atoms with Crippen molar-refractivity contribution in [3.05, 3.63) is 27.7 Å². The van der Waals surface area contributed by atoms with Crippen molar-refractivity contribution in [1.82, 2.24) is 4.90 Å². The van der Waals surface area contributed by atoms with Gasteiger partial charge in [-0.3, -0.25) is 14.5 Å². The minimum atomic E-state index is -0.497. The molecule has 6 heteroatoms. The predicted molar refractivity (Wildman–Crippen MR) is 78.2 cm³/mol. The minimum absolute atomic E-state index is 0.108. The number of likely N-dealkylation sites (tertiary alicyclic amines) is 1. The van der Waals surface area contributed by atoms with Gasteiger partial charge in [0, 0.05) is 16.2 Å². The highest BCUT2D eigenvalue weighted by atomic mass is 79.9. The molecule has 1 aliphatic heterocycles. The third-order valence-corrected chi connectivity index (χ3v) is 4.17. The number of carbonyl (C=O) groups is 2. The Bertz CT molecular complexity index is 533. The molecule has 1 fully saturated rings. The molecule has 1 heterocycles. The largest absolute Gasteiger partial charge is 0.373 e. The summed E-state index contributed by atoms with van der Waals surface area (Å²) in [7, 11) is 0. The van der Waals surface area contributed by atoms with Crippen molar-refractivity contribution in [1.29, 1.82) is 0 Å². The maximum absolute atomic E-state index is 12.1. The number of hydrogen-bond donors (Lipinski definition) is 1. The van der Waals surface area contributed by atoms with Crippen LogP contribution in [0.5, 0.6) is 0 Å². The molecule has 1 N–H and O–H groups in total. The maximum atomic E-state index is 12.1. The first kappa shape index (κ1) is 14.3. The van der Waals surface area contributed by atoms with Gasteiger partial charge in [0.2, 0.25) is 5.91 Å². The lowest BCUT2D eigenvalue weighted by Gasteiger charge is -2.19. The zero-order chi connectivity index (χ0) is 14.2. The number of carbonyl (C=O) groups excluding carboxylic acids is 2. The SMILES string of the molecule is CC(C)N1C(=O)CC(Nc2ccc(Cl)c(Br)c2)C1=O. The van der Waals surface area contributed by atoms with Gasteiger partial charge in [0.25, 0.3) is 5.91 Å². The van der Waals surface area contributed by atoms with Crippen LogP contribution in [0.3, 0.4) is 0 Å². The lowest BCUT2D eigenvalue weighted by molar-refractivity contribution is -0.140. The number of nitrogens with one attached hydrogen (secondary N) is 1. The van der Waals surface area contributed by atoms with Crippen LogP contribution in [0.15, 0.2) is 22.7 Å². The smallest absolute Gasteiger partial charge is 0.252 e. The topological polar surface area (TPSA) is 49.4 Å². The van der Waals surface area contributed by atoms with E-state index in [-0.39, 0.29) is 24.3 Å². The summed E-state index contributed by atoms with van der Waals surface area (Å²) in [6, 6.07) is 4.70. The predicted octanol–water partition coefficient (Wildman–Crippen LogP) is 3.05. The molecule has 0 bridgehead atoms. The third-order valence-electron chi connectivity index (χ3n) is 2.96. The van der Waals surface area contributed by atoms with Gasteiger partial charge >= 0.3 is 0 Å². The van der Waals surface area contributed by atoms with Crippen molar-refractivity contribution in [3.8, 4) is 0 Å². The van der Waals surface area contributed by atoms with Gasteiger partial charge in [-0.05, 0) is 48.0 Å². The zero-order valence-electron chi connectivity index (χ0n) is 10.6. The minimum Gasteiger partial charge on any atom is -0.373 e. The van der Waals surface area contributed by atoms with Crippen LogP contribution in [0.25, 0.3) is 0 Å². The summed E-state index contributed by atoms with van der Waals surface area (Å²) < 4.78 is 0.747. The normalized spacial score (nSPS) is 19.4. The van der Waals surface area contributed by atoms with Gasteiger partial charge in [0.05, 0.1) is 11.4 Å². The van der Waals surface area contributed by atoms with E-state index in [9.17, 15) is 9.59 Å². The summed E-state index contributed by atoms with van der Waals surface area (Å²) in [5, 5.41) is 3.67. The van der Waals surface area contributed by atoms with Crippen molar-refractivity contribution < 1.29 is 9.59 Å². The number of anilines is 1. The molecule has 0 radical (unpaired) electrons. The molecule has 4 nitrogen and oxygen atoms in total. The molecule has 2 rings (SSSR count). The molecule has 2 amide bonds. The van der Waals surface area contributed by atoms with Gasteiger partial charge in [-0.1, -0.05) is 11.6 Å². The second-order valence-electron chi connectivity index (χ2n) is 4.73. The van der Waals surface area contributed by atoms with Crippen LogP contribution in [0.2, 0.25) is 5.02 Å². The summed E-state index contributed by atoms with van der Waals surface area (Å²) in [5.41, 5.74) is 0.757. The molecule has 19 heavy (non-hydrogen) atoms. The van der Waals surface area contributed by atoms with Crippen molar-refractivity contribution in [3.63, 3.8) is 0 Å². The molecule has 1 atom stereocenters. The summed E-state index contributed by atoms with van der Waals surface area (Å²) in [4.78, 5) is 25.2. The summed E-state index contributed by atoms with van der Waals surface area (Å²) in [5.74, 6) is -0.309. The van der Waals surface area contributed by atoms with Crippen LogP contribution in [0, 0.1) is 0 Å². The average Bonchev–Trinajstić information content (AvgIpc) is 2.59. The lowest BCUT2D eigenvalue weighted by atomic mass is 10.2. The van der Waals surface area contributed by atoms with E-state index in [1.54, 1.807) is 18.2 Å². The first-order valence-electron chi connectivity index (χ1n) is 5.97. The average molecular weight is 346 g/mol. The highest BCUT2D eigenvalue weighted by Crippen LogP contribution is 2.27. The Labute approximate surface area is 125 Å². The lowest BCUT2D eigenvalue weighted by Crippen LogP contribution is -2.39. The molecule has 102 valence electrons. The molecule has 1 saturated heterocycles. The summed E-state index contributed by atoms with van der Waals surface area (Å²) in [6.45, 7) is 3.66. The number of halogens is 2. The van der Waals surface area contributed by atoms with E-state index in [0.29, 0.717) is 5.02 Å². The van der Waals surface area contributed by atoms with E-state index < -0.39 is 6.04 Å². The van der Waals surface area contributed by atoms with Crippen molar-refractivity contribution in [2.24, 2.45) is 0 Å². The molecule has 1 aromatic carbocycles. The standard InChI is InChI=1S/C13H14BrClN2O2/c1-7(2)17-12(18)6-11(13(17)19)16-8-3-4-10(15)9(14)5-8/h3-5,7,11,16H,6H2,1-2H3. The van der Waals surface area contributed by atoms with Crippen LogP contribution in [-0.4, -0.2) is 28.8 Å². The Kier molecular flexibility index (Phi) is 4.16. The molecular formula is C13H14BrClN2O2. The number of benzene rings is 1. The Hall–Kier alpha value is -1.07. The van der Waals surface area contributed by atoms with Crippen molar-refractivity contribution in [2.45, 2.75) is 32.4 Å². The maximum Gasteiger partial charge on any atom is 0.252 e.